The molecular formula is C20H36. The summed E-state index contributed by atoms with van der Waals surface area (Å²) in [6.07, 6.45) is 11.5. The van der Waals surface area contributed by atoms with Crippen LogP contribution in [0.2, 0.25) is 0 Å². The Morgan fingerprint density at radius 1 is 0.900 bits per heavy atom. The fourth-order valence-corrected chi connectivity index (χ4v) is 0.881. The Kier molecular flexibility index (Phi) is 30.5. The summed E-state index contributed by atoms with van der Waals surface area (Å²) in [7, 11) is 0. The van der Waals surface area contributed by atoms with Gasteiger partial charge in [-0.3, -0.25) is 0 Å². The molecule has 0 aliphatic heterocycles. The third-order valence-corrected chi connectivity index (χ3v) is 1.84. The molecule has 0 amide bonds. The van der Waals surface area contributed by atoms with Crippen LogP contribution in [0.1, 0.15) is 55.4 Å². The third kappa shape index (κ3) is 21.7. The zero-order valence-electron chi connectivity index (χ0n) is 15.1. The van der Waals surface area contributed by atoms with Crippen LogP contribution >= 0.6 is 0 Å². The lowest BCUT2D eigenvalue weighted by Gasteiger charge is -2.19. The van der Waals surface area contributed by atoms with Crippen LogP contribution in [0.25, 0.3) is 0 Å². The molecule has 0 aromatic carbocycles. The van der Waals surface area contributed by atoms with E-state index in [0.29, 0.717) is 0 Å². The zero-order valence-corrected chi connectivity index (χ0v) is 15.1. The second-order valence-electron chi connectivity index (χ2n) is 4.09. The monoisotopic (exact) mass is 276 g/mol. The lowest BCUT2D eigenvalue weighted by atomic mass is 9.84. The Balaban J connectivity index is -0.000000133. The molecule has 0 heterocycles. The molecule has 0 spiro atoms. The molecule has 0 nitrogen and oxygen atoms in total. The minimum Gasteiger partial charge on any atom is -0.121 e. The predicted octanol–water partition coefficient (Wildman–Crippen LogP) is 7.29. The SMILES string of the molecule is C=CC.C=CC.C=CC(C)(C)C(=C=CC)/C=C\C.CC. The van der Waals surface area contributed by atoms with Gasteiger partial charge < -0.3 is 0 Å². The van der Waals surface area contributed by atoms with Gasteiger partial charge in [0, 0.05) is 11.0 Å². The molecule has 0 bridgehead atoms. The van der Waals surface area contributed by atoms with E-state index in [1.54, 1.807) is 12.2 Å². The fourth-order valence-electron chi connectivity index (χ4n) is 0.881. The van der Waals surface area contributed by atoms with E-state index < -0.39 is 0 Å². The van der Waals surface area contributed by atoms with Crippen molar-refractivity contribution >= 4 is 0 Å². The fraction of sp³-hybridized carbons (Fsp3) is 0.450. The van der Waals surface area contributed by atoms with Crippen LogP contribution in [-0.4, -0.2) is 0 Å². The van der Waals surface area contributed by atoms with E-state index in [2.05, 4.69) is 45.4 Å². The van der Waals surface area contributed by atoms with Crippen LogP contribution in [-0.2, 0) is 0 Å². The van der Waals surface area contributed by atoms with Crippen molar-refractivity contribution in [3.8, 4) is 0 Å². The van der Waals surface area contributed by atoms with Crippen LogP contribution < -0.4 is 0 Å². The molecule has 0 radical (unpaired) electrons. The van der Waals surface area contributed by atoms with E-state index >= 15 is 0 Å². The Labute approximate surface area is 129 Å². The lowest BCUT2D eigenvalue weighted by molar-refractivity contribution is 0.598. The van der Waals surface area contributed by atoms with Gasteiger partial charge in [-0.05, 0) is 33.8 Å². The second kappa shape index (κ2) is 22.6. The van der Waals surface area contributed by atoms with E-state index in [4.69, 9.17) is 0 Å². The smallest absolute Gasteiger partial charge is 0.0146 e. The Morgan fingerprint density at radius 3 is 1.45 bits per heavy atom. The van der Waals surface area contributed by atoms with Gasteiger partial charge in [-0.15, -0.1) is 25.5 Å². The van der Waals surface area contributed by atoms with Gasteiger partial charge in [0.1, 0.15) is 0 Å². The van der Waals surface area contributed by atoms with E-state index in [9.17, 15) is 0 Å². The molecule has 0 saturated heterocycles. The first kappa shape index (κ1) is 26.9. The van der Waals surface area contributed by atoms with E-state index in [0.717, 1.165) is 0 Å². The van der Waals surface area contributed by atoms with Crippen molar-refractivity contribution in [3.05, 3.63) is 67.5 Å². The van der Waals surface area contributed by atoms with Gasteiger partial charge in [0.15, 0.2) is 0 Å². The third-order valence-electron chi connectivity index (χ3n) is 1.84. The molecule has 0 fully saturated rings. The van der Waals surface area contributed by atoms with Crippen molar-refractivity contribution in [1.82, 2.24) is 0 Å². The molecule has 0 aliphatic carbocycles. The van der Waals surface area contributed by atoms with Crippen molar-refractivity contribution in [2.75, 3.05) is 0 Å². The quantitative estimate of drug-likeness (QED) is 0.288. The second-order valence-corrected chi connectivity index (χ2v) is 4.09. The highest BCUT2D eigenvalue weighted by atomic mass is 14.2. The van der Waals surface area contributed by atoms with Crippen molar-refractivity contribution in [2.45, 2.75) is 55.4 Å². The summed E-state index contributed by atoms with van der Waals surface area (Å²) < 4.78 is 0. The van der Waals surface area contributed by atoms with Crippen LogP contribution in [0.15, 0.2) is 67.5 Å². The summed E-state index contributed by atoms with van der Waals surface area (Å²) in [5, 5.41) is 0. The molecule has 0 atom stereocenters. The highest BCUT2D eigenvalue weighted by molar-refractivity contribution is 5.28. The summed E-state index contributed by atoms with van der Waals surface area (Å²) in [5.41, 5.74) is 4.39. The van der Waals surface area contributed by atoms with Crippen molar-refractivity contribution < 1.29 is 0 Å². The summed E-state index contributed by atoms with van der Waals surface area (Å²) in [4.78, 5) is 0. The summed E-state index contributed by atoms with van der Waals surface area (Å²) in [6, 6.07) is 0. The topological polar surface area (TPSA) is 0 Å². The summed E-state index contributed by atoms with van der Waals surface area (Å²) in [5.74, 6) is 0. The van der Waals surface area contributed by atoms with Crippen molar-refractivity contribution in [3.63, 3.8) is 0 Å². The van der Waals surface area contributed by atoms with E-state index in [1.165, 1.54) is 5.57 Å². The molecule has 0 aromatic rings. The molecule has 116 valence electrons. The molecular weight excluding hydrogens is 240 g/mol. The van der Waals surface area contributed by atoms with Gasteiger partial charge >= 0.3 is 0 Å². The number of allylic oxidation sites excluding steroid dienone is 6. The average molecular weight is 277 g/mol. The molecule has 0 saturated carbocycles. The maximum absolute atomic E-state index is 3.81. The zero-order chi connectivity index (χ0) is 17.0. The number of rotatable bonds is 3. The van der Waals surface area contributed by atoms with Gasteiger partial charge in [-0.25, -0.2) is 0 Å². The Morgan fingerprint density at radius 2 is 1.25 bits per heavy atom. The predicted molar refractivity (Wildman–Crippen MR) is 99.2 cm³/mol. The van der Waals surface area contributed by atoms with Gasteiger partial charge in [-0.2, -0.15) is 0 Å². The highest BCUT2D eigenvalue weighted by Crippen LogP contribution is 2.27. The van der Waals surface area contributed by atoms with Gasteiger partial charge in [-0.1, -0.05) is 58.1 Å². The van der Waals surface area contributed by atoms with Gasteiger partial charge in [0.05, 0.1) is 0 Å². The normalized spacial score (nSPS) is 8.20. The standard InChI is InChI=1S/C12H18.2C3H6.C2H6/c1-6-9-11(10-7-2)12(4,5)8-3;2*1-3-2;1-2/h6-9H,3H2,1-2,4-5H3;2*3H,1H2,2H3;1-2H3/b9-6-;;;. The van der Waals surface area contributed by atoms with Crippen LogP contribution in [0.4, 0.5) is 0 Å². The Bertz CT molecular complexity index is 299. The Hall–Kier alpha value is -1.52. The maximum atomic E-state index is 3.81. The molecule has 0 aromatic heterocycles. The summed E-state index contributed by atoms with van der Waals surface area (Å²) in [6.45, 7) is 26.6. The van der Waals surface area contributed by atoms with E-state index in [1.807, 2.05) is 59.8 Å². The molecule has 20 heavy (non-hydrogen) atoms. The highest BCUT2D eigenvalue weighted by Gasteiger charge is 2.15. The first-order valence-electron chi connectivity index (χ1n) is 7.23. The molecule has 0 N–H and O–H groups in total. The number of hydrogen-bond donors (Lipinski definition) is 0. The first-order valence-corrected chi connectivity index (χ1v) is 7.23. The van der Waals surface area contributed by atoms with Crippen molar-refractivity contribution in [1.29, 1.82) is 0 Å². The van der Waals surface area contributed by atoms with Crippen LogP contribution in [0, 0.1) is 5.41 Å². The minimum absolute atomic E-state index is 0.0129. The molecule has 0 aliphatic rings. The largest absolute Gasteiger partial charge is 0.121 e. The van der Waals surface area contributed by atoms with Crippen LogP contribution in [0.5, 0.6) is 0 Å². The molecule has 0 heteroatoms. The van der Waals surface area contributed by atoms with Crippen molar-refractivity contribution in [2.24, 2.45) is 5.41 Å². The van der Waals surface area contributed by atoms with E-state index in [-0.39, 0.29) is 5.41 Å². The first-order chi connectivity index (χ1) is 9.41. The lowest BCUT2D eigenvalue weighted by Crippen LogP contribution is -2.08. The average Bonchev–Trinajstić information content (AvgIpc) is 2.42. The minimum atomic E-state index is 0.0129. The van der Waals surface area contributed by atoms with Gasteiger partial charge in [0.25, 0.3) is 0 Å². The van der Waals surface area contributed by atoms with Crippen LogP contribution in [0.3, 0.4) is 0 Å². The number of hydrogen-bond acceptors (Lipinski definition) is 0. The molecule has 0 unspecified atom stereocenters. The van der Waals surface area contributed by atoms with Gasteiger partial charge in [0.2, 0.25) is 0 Å². The summed E-state index contributed by atoms with van der Waals surface area (Å²) >= 11 is 0. The maximum Gasteiger partial charge on any atom is 0.0146 e. The molecule has 0 rings (SSSR count).